The van der Waals surface area contributed by atoms with Gasteiger partial charge in [0.05, 0.1) is 0 Å². The normalized spacial score (nSPS) is 22.9. The van der Waals surface area contributed by atoms with E-state index in [4.69, 9.17) is 0 Å². The van der Waals surface area contributed by atoms with Crippen molar-refractivity contribution in [3.63, 3.8) is 0 Å². The number of nitrogens with zero attached hydrogens (tertiary/aromatic N) is 1. The Morgan fingerprint density at radius 3 is 2.38 bits per heavy atom. The molecule has 126 valence electrons. The molecule has 21 heavy (non-hydrogen) atoms. The fourth-order valence-corrected chi connectivity index (χ4v) is 4.01. The molecule has 1 N–H and O–H groups in total. The molecule has 0 amide bonds. The maximum absolute atomic E-state index is 3.78. The van der Waals surface area contributed by atoms with Crippen LogP contribution >= 0.6 is 0 Å². The third-order valence-electron chi connectivity index (χ3n) is 5.16. The van der Waals surface area contributed by atoms with Crippen molar-refractivity contribution in [1.29, 1.82) is 0 Å². The number of rotatable bonds is 11. The largest absolute Gasteiger partial charge is 0.314 e. The molecule has 2 nitrogen and oxygen atoms in total. The van der Waals surface area contributed by atoms with Crippen LogP contribution in [0.3, 0.4) is 0 Å². The minimum absolute atomic E-state index is 0.781. The molecule has 0 radical (unpaired) electrons. The molecule has 1 aliphatic carbocycles. The summed E-state index contributed by atoms with van der Waals surface area (Å²) in [5, 5.41) is 3.78. The van der Waals surface area contributed by atoms with Crippen molar-refractivity contribution in [2.75, 3.05) is 19.6 Å². The lowest BCUT2D eigenvalue weighted by Gasteiger charge is -2.33. The Hall–Kier alpha value is -0.0800. The lowest BCUT2D eigenvalue weighted by molar-refractivity contribution is 0.151. The smallest absolute Gasteiger partial charge is 0.00958 e. The quantitative estimate of drug-likeness (QED) is 0.595. The van der Waals surface area contributed by atoms with Gasteiger partial charge in [-0.25, -0.2) is 0 Å². The number of hydrogen-bond acceptors (Lipinski definition) is 2. The molecule has 0 aromatic carbocycles. The summed E-state index contributed by atoms with van der Waals surface area (Å²) in [6.45, 7) is 15.5. The van der Waals surface area contributed by atoms with E-state index in [2.05, 4.69) is 44.8 Å². The molecule has 0 bridgehead atoms. The Morgan fingerprint density at radius 1 is 1.10 bits per heavy atom. The summed E-state index contributed by atoms with van der Waals surface area (Å²) in [5.74, 6) is 1.70. The van der Waals surface area contributed by atoms with Crippen molar-refractivity contribution < 1.29 is 0 Å². The Bertz CT molecular complexity index is 248. The van der Waals surface area contributed by atoms with Crippen molar-refractivity contribution in [2.24, 2.45) is 11.8 Å². The predicted molar refractivity (Wildman–Crippen MR) is 94.8 cm³/mol. The fourth-order valence-electron chi connectivity index (χ4n) is 4.01. The molecule has 1 fully saturated rings. The van der Waals surface area contributed by atoms with Gasteiger partial charge < -0.3 is 10.2 Å². The summed E-state index contributed by atoms with van der Waals surface area (Å²) in [5.41, 5.74) is 0. The van der Waals surface area contributed by atoms with Crippen LogP contribution in [0.4, 0.5) is 0 Å². The van der Waals surface area contributed by atoms with Crippen molar-refractivity contribution in [2.45, 2.75) is 91.6 Å². The van der Waals surface area contributed by atoms with Crippen LogP contribution < -0.4 is 5.32 Å². The van der Waals surface area contributed by atoms with E-state index < -0.39 is 0 Å². The summed E-state index contributed by atoms with van der Waals surface area (Å²) in [4.78, 5) is 2.78. The highest BCUT2D eigenvalue weighted by atomic mass is 15.2. The summed E-state index contributed by atoms with van der Waals surface area (Å²) >= 11 is 0. The Labute approximate surface area is 134 Å². The zero-order valence-corrected chi connectivity index (χ0v) is 15.3. The average Bonchev–Trinajstić information content (AvgIpc) is 2.90. The number of nitrogens with one attached hydrogen (secondary N) is 1. The Balaban J connectivity index is 2.46. The Kier molecular flexibility index (Phi) is 9.59. The molecule has 1 rings (SSSR count). The molecule has 2 unspecified atom stereocenters. The van der Waals surface area contributed by atoms with Crippen molar-refractivity contribution in [3.8, 4) is 0 Å². The van der Waals surface area contributed by atoms with Gasteiger partial charge in [0.15, 0.2) is 0 Å². The molecule has 2 atom stereocenters. The highest BCUT2D eigenvalue weighted by molar-refractivity contribution is 4.84. The standard InChI is InChI=1S/C19H40N2/c1-6-13-20-19-11-9-10-17(19)12-14-21(15-16(4)5)18(7-2)8-3/h16-20H,6-15H2,1-5H3. The second-order valence-electron chi connectivity index (χ2n) is 7.40. The van der Waals surface area contributed by atoms with E-state index in [9.17, 15) is 0 Å². The molecule has 0 aromatic rings. The van der Waals surface area contributed by atoms with Crippen LogP contribution in [-0.2, 0) is 0 Å². The summed E-state index contributed by atoms with van der Waals surface area (Å²) in [6.07, 6.45) is 9.53. The molecule has 1 saturated carbocycles. The molecule has 1 aliphatic rings. The summed E-state index contributed by atoms with van der Waals surface area (Å²) in [7, 11) is 0. The van der Waals surface area contributed by atoms with Crippen molar-refractivity contribution >= 4 is 0 Å². The highest BCUT2D eigenvalue weighted by Gasteiger charge is 2.27. The van der Waals surface area contributed by atoms with Crippen LogP contribution in [0.15, 0.2) is 0 Å². The van der Waals surface area contributed by atoms with E-state index in [1.54, 1.807) is 0 Å². The molecule has 0 heterocycles. The van der Waals surface area contributed by atoms with Crippen LogP contribution in [0.5, 0.6) is 0 Å². The first-order valence-electron chi connectivity index (χ1n) is 9.59. The van der Waals surface area contributed by atoms with Crippen molar-refractivity contribution in [1.82, 2.24) is 10.2 Å². The van der Waals surface area contributed by atoms with Gasteiger partial charge in [-0.2, -0.15) is 0 Å². The molecule has 0 saturated heterocycles. The first-order chi connectivity index (χ1) is 10.1. The van der Waals surface area contributed by atoms with Crippen LogP contribution in [0.25, 0.3) is 0 Å². The molecule has 0 aliphatic heterocycles. The Morgan fingerprint density at radius 2 is 1.81 bits per heavy atom. The monoisotopic (exact) mass is 296 g/mol. The van der Waals surface area contributed by atoms with Crippen LogP contribution in [0.2, 0.25) is 0 Å². The van der Waals surface area contributed by atoms with Crippen molar-refractivity contribution in [3.05, 3.63) is 0 Å². The van der Waals surface area contributed by atoms with Gasteiger partial charge in [0.2, 0.25) is 0 Å². The highest BCUT2D eigenvalue weighted by Crippen LogP contribution is 2.29. The van der Waals surface area contributed by atoms with Crippen LogP contribution in [0, 0.1) is 11.8 Å². The first kappa shape index (κ1) is 19.0. The maximum atomic E-state index is 3.78. The van der Waals surface area contributed by atoms with Gasteiger partial charge in [-0.3, -0.25) is 0 Å². The lowest BCUT2D eigenvalue weighted by atomic mass is 9.97. The van der Waals surface area contributed by atoms with Gasteiger partial charge in [-0.1, -0.05) is 41.0 Å². The fraction of sp³-hybridized carbons (Fsp3) is 1.00. The minimum Gasteiger partial charge on any atom is -0.314 e. The van der Waals surface area contributed by atoms with Gasteiger partial charge in [-0.15, -0.1) is 0 Å². The second-order valence-corrected chi connectivity index (χ2v) is 7.40. The zero-order valence-electron chi connectivity index (χ0n) is 15.3. The predicted octanol–water partition coefficient (Wildman–Crippen LogP) is 4.69. The van der Waals surface area contributed by atoms with E-state index in [1.807, 2.05) is 0 Å². The molecular formula is C19H40N2. The summed E-state index contributed by atoms with van der Waals surface area (Å²) in [6, 6.07) is 1.59. The molecule has 2 heteroatoms. The van der Waals surface area contributed by atoms with Gasteiger partial charge in [-0.05, 0) is 63.5 Å². The van der Waals surface area contributed by atoms with Gasteiger partial charge in [0.1, 0.15) is 0 Å². The SMILES string of the molecule is CCCNC1CCCC1CCN(CC(C)C)C(CC)CC. The van der Waals surface area contributed by atoms with E-state index in [-0.39, 0.29) is 0 Å². The van der Waals surface area contributed by atoms with Crippen LogP contribution in [-0.4, -0.2) is 36.6 Å². The van der Waals surface area contributed by atoms with Gasteiger partial charge in [0, 0.05) is 18.6 Å². The first-order valence-corrected chi connectivity index (χ1v) is 9.59. The average molecular weight is 297 g/mol. The molecule has 0 spiro atoms. The summed E-state index contributed by atoms with van der Waals surface area (Å²) < 4.78 is 0. The molecular weight excluding hydrogens is 256 g/mol. The second kappa shape index (κ2) is 10.6. The van der Waals surface area contributed by atoms with Crippen LogP contribution in [0.1, 0.15) is 79.6 Å². The lowest BCUT2D eigenvalue weighted by Crippen LogP contribution is -2.40. The van der Waals surface area contributed by atoms with E-state index in [0.717, 1.165) is 23.9 Å². The number of hydrogen-bond donors (Lipinski definition) is 1. The van der Waals surface area contributed by atoms with E-state index in [0.29, 0.717) is 0 Å². The minimum atomic E-state index is 0.781. The zero-order chi connectivity index (χ0) is 15.7. The van der Waals surface area contributed by atoms with E-state index in [1.165, 1.54) is 64.6 Å². The van der Waals surface area contributed by atoms with E-state index >= 15 is 0 Å². The van der Waals surface area contributed by atoms with Gasteiger partial charge >= 0.3 is 0 Å². The molecule has 0 aromatic heterocycles. The third kappa shape index (κ3) is 6.69. The van der Waals surface area contributed by atoms with Gasteiger partial charge in [0.25, 0.3) is 0 Å². The topological polar surface area (TPSA) is 15.3 Å². The maximum Gasteiger partial charge on any atom is 0.00958 e. The third-order valence-corrected chi connectivity index (χ3v) is 5.16.